The highest BCUT2D eigenvalue weighted by Gasteiger charge is 2.31. The number of hydrogen-bond donors (Lipinski definition) is 2. The minimum atomic E-state index is -1.52. The summed E-state index contributed by atoms with van der Waals surface area (Å²) < 4.78 is 14.1. The molecule has 2 unspecified atom stereocenters. The van der Waals surface area contributed by atoms with Gasteiger partial charge < -0.3 is 5.32 Å². The van der Waals surface area contributed by atoms with E-state index in [0.717, 1.165) is 12.1 Å². The van der Waals surface area contributed by atoms with Gasteiger partial charge in [-0.25, -0.2) is 4.39 Å². The van der Waals surface area contributed by atoms with Gasteiger partial charge in [-0.3, -0.25) is 10.1 Å². The van der Waals surface area contributed by atoms with Gasteiger partial charge in [0.15, 0.2) is 6.17 Å². The molecule has 1 saturated heterocycles. The molecule has 0 radical (unpaired) electrons. The minimum absolute atomic E-state index is 0.263. The second-order valence-corrected chi connectivity index (χ2v) is 7.31. The summed E-state index contributed by atoms with van der Waals surface area (Å²) in [6.45, 7) is 5.58. The number of carbonyl (C=O) groups is 1. The smallest absolute Gasteiger partial charge is 0.261 e. The first-order valence-corrected chi connectivity index (χ1v) is 8.95. The molecule has 1 aromatic heterocycles. The average Bonchev–Trinajstić information content (AvgIpc) is 3.26. The molecule has 5 nitrogen and oxygen atoms in total. The molecule has 2 atom stereocenters. The van der Waals surface area contributed by atoms with Gasteiger partial charge >= 0.3 is 0 Å². The maximum Gasteiger partial charge on any atom is 0.261 e. The van der Waals surface area contributed by atoms with Crippen LogP contribution in [0.3, 0.4) is 0 Å². The predicted octanol–water partition coefficient (Wildman–Crippen LogP) is 3.21. The van der Waals surface area contributed by atoms with E-state index < -0.39 is 12.1 Å². The third-order valence-corrected chi connectivity index (χ3v) is 5.13. The van der Waals surface area contributed by atoms with Crippen LogP contribution >= 0.6 is 11.3 Å². The maximum atomic E-state index is 14.1. The van der Waals surface area contributed by atoms with E-state index in [1.54, 1.807) is 0 Å². The molecule has 1 aliphatic heterocycles. The van der Waals surface area contributed by atoms with Crippen LogP contribution in [0.4, 0.5) is 9.52 Å². The molecule has 0 bridgehead atoms. The van der Waals surface area contributed by atoms with E-state index in [1.165, 1.54) is 16.9 Å². The van der Waals surface area contributed by atoms with Crippen molar-refractivity contribution < 1.29 is 9.18 Å². The van der Waals surface area contributed by atoms with Crippen LogP contribution in [0.15, 0.2) is 24.3 Å². The van der Waals surface area contributed by atoms with Gasteiger partial charge in [-0.05, 0) is 24.4 Å². The summed E-state index contributed by atoms with van der Waals surface area (Å²) in [6, 6.07) is 8.10. The Morgan fingerprint density at radius 2 is 2.08 bits per heavy atom. The molecule has 1 aromatic carbocycles. The summed E-state index contributed by atoms with van der Waals surface area (Å²) in [5, 5.41) is 14.7. The van der Waals surface area contributed by atoms with Crippen LogP contribution < -0.4 is 10.6 Å². The van der Waals surface area contributed by atoms with Gasteiger partial charge in [0.1, 0.15) is 5.01 Å². The molecule has 2 aromatic rings. The fourth-order valence-electron chi connectivity index (χ4n) is 2.72. The Morgan fingerprint density at radius 1 is 1.33 bits per heavy atom. The Hall–Kier alpha value is -1.86. The Balaban J connectivity index is 1.65. The van der Waals surface area contributed by atoms with Crippen LogP contribution in [0.25, 0.3) is 10.6 Å². The standard InChI is InChI=1S/C17H21FN4OS/c1-10(2)11-3-5-12(6-4-11)16-21-22-17(24-16)20-15(23)14(18)13-7-8-19-9-13/h3-6,10,13-14,19H,7-9H2,1-2H3,(H,20,22,23). The van der Waals surface area contributed by atoms with Crippen molar-refractivity contribution in [2.75, 3.05) is 18.4 Å². The molecule has 128 valence electrons. The van der Waals surface area contributed by atoms with E-state index in [2.05, 4.69) is 46.8 Å². The van der Waals surface area contributed by atoms with E-state index in [1.807, 2.05) is 12.1 Å². The molecule has 1 amide bonds. The predicted molar refractivity (Wildman–Crippen MR) is 93.9 cm³/mol. The maximum absolute atomic E-state index is 14.1. The quantitative estimate of drug-likeness (QED) is 0.871. The highest BCUT2D eigenvalue weighted by molar-refractivity contribution is 7.18. The number of rotatable bonds is 5. The molecule has 0 aliphatic carbocycles. The van der Waals surface area contributed by atoms with E-state index in [-0.39, 0.29) is 5.92 Å². The zero-order chi connectivity index (χ0) is 17.1. The zero-order valence-corrected chi connectivity index (χ0v) is 14.6. The molecule has 1 fully saturated rings. The Morgan fingerprint density at radius 3 is 2.71 bits per heavy atom. The van der Waals surface area contributed by atoms with Gasteiger partial charge in [0.2, 0.25) is 5.13 Å². The third-order valence-electron chi connectivity index (χ3n) is 4.24. The van der Waals surface area contributed by atoms with Crippen LogP contribution in [-0.4, -0.2) is 35.4 Å². The van der Waals surface area contributed by atoms with Gasteiger partial charge in [0.05, 0.1) is 0 Å². The third kappa shape index (κ3) is 3.79. The first-order valence-electron chi connectivity index (χ1n) is 8.14. The number of alkyl halides is 1. The number of amides is 1. The van der Waals surface area contributed by atoms with Crippen molar-refractivity contribution in [2.24, 2.45) is 5.92 Å². The van der Waals surface area contributed by atoms with E-state index >= 15 is 0 Å². The lowest BCUT2D eigenvalue weighted by Gasteiger charge is -2.12. The molecule has 1 aliphatic rings. The number of benzene rings is 1. The molecule has 3 rings (SSSR count). The lowest BCUT2D eigenvalue weighted by atomic mass is 10.0. The van der Waals surface area contributed by atoms with E-state index in [0.29, 0.717) is 29.0 Å². The fraction of sp³-hybridized carbons (Fsp3) is 0.471. The van der Waals surface area contributed by atoms with Crippen molar-refractivity contribution in [2.45, 2.75) is 32.4 Å². The zero-order valence-electron chi connectivity index (χ0n) is 13.8. The van der Waals surface area contributed by atoms with Gasteiger partial charge in [0, 0.05) is 18.0 Å². The first kappa shape index (κ1) is 17.0. The Bertz CT molecular complexity index is 695. The van der Waals surface area contributed by atoms with Crippen LogP contribution in [0, 0.1) is 5.92 Å². The number of hydrogen-bond acceptors (Lipinski definition) is 5. The van der Waals surface area contributed by atoms with Crippen molar-refractivity contribution >= 4 is 22.4 Å². The van der Waals surface area contributed by atoms with Crippen LogP contribution in [0.5, 0.6) is 0 Å². The van der Waals surface area contributed by atoms with Gasteiger partial charge in [-0.1, -0.05) is 49.4 Å². The van der Waals surface area contributed by atoms with Gasteiger partial charge in [-0.15, -0.1) is 10.2 Å². The topological polar surface area (TPSA) is 66.9 Å². The summed E-state index contributed by atoms with van der Waals surface area (Å²) in [4.78, 5) is 12.0. The summed E-state index contributed by atoms with van der Waals surface area (Å²) in [7, 11) is 0. The van der Waals surface area contributed by atoms with Crippen molar-refractivity contribution in [1.82, 2.24) is 15.5 Å². The van der Waals surface area contributed by atoms with Crippen molar-refractivity contribution in [3.8, 4) is 10.6 Å². The summed E-state index contributed by atoms with van der Waals surface area (Å²) in [5.41, 5.74) is 2.19. The molecular weight excluding hydrogens is 327 g/mol. The Labute approximate surface area is 144 Å². The van der Waals surface area contributed by atoms with Gasteiger partial charge in [-0.2, -0.15) is 0 Å². The summed E-state index contributed by atoms with van der Waals surface area (Å²) in [6.07, 6.45) is -0.837. The molecule has 2 heterocycles. The van der Waals surface area contributed by atoms with Gasteiger partial charge in [0.25, 0.3) is 5.91 Å². The van der Waals surface area contributed by atoms with Crippen molar-refractivity contribution in [3.05, 3.63) is 29.8 Å². The first-order chi connectivity index (χ1) is 11.5. The normalized spacial score (nSPS) is 18.8. The molecular formula is C17H21FN4OS. The number of aromatic nitrogens is 2. The van der Waals surface area contributed by atoms with Crippen LogP contribution in [0.2, 0.25) is 0 Å². The second-order valence-electron chi connectivity index (χ2n) is 6.33. The lowest BCUT2D eigenvalue weighted by molar-refractivity contribution is -0.122. The second kappa shape index (κ2) is 7.36. The number of nitrogens with zero attached hydrogens (tertiary/aromatic N) is 2. The largest absolute Gasteiger partial charge is 0.316 e. The highest BCUT2D eigenvalue weighted by Crippen LogP contribution is 2.28. The van der Waals surface area contributed by atoms with E-state index in [9.17, 15) is 9.18 Å². The molecule has 0 spiro atoms. The SMILES string of the molecule is CC(C)c1ccc(-c2nnc(NC(=O)C(F)C3CCNC3)s2)cc1. The number of halogens is 1. The minimum Gasteiger partial charge on any atom is -0.316 e. The summed E-state index contributed by atoms with van der Waals surface area (Å²) >= 11 is 1.25. The lowest BCUT2D eigenvalue weighted by Crippen LogP contribution is -2.32. The average molecular weight is 348 g/mol. The fourth-order valence-corrected chi connectivity index (χ4v) is 3.47. The van der Waals surface area contributed by atoms with Crippen LogP contribution in [-0.2, 0) is 4.79 Å². The number of nitrogens with one attached hydrogen (secondary N) is 2. The monoisotopic (exact) mass is 348 g/mol. The number of anilines is 1. The molecule has 24 heavy (non-hydrogen) atoms. The molecule has 0 saturated carbocycles. The number of carbonyl (C=O) groups excluding carboxylic acids is 1. The van der Waals surface area contributed by atoms with Crippen molar-refractivity contribution in [1.29, 1.82) is 0 Å². The van der Waals surface area contributed by atoms with Crippen LogP contribution in [0.1, 0.15) is 31.7 Å². The Kier molecular flexibility index (Phi) is 5.20. The highest BCUT2D eigenvalue weighted by atomic mass is 32.1. The summed E-state index contributed by atoms with van der Waals surface area (Å²) in [5.74, 6) is -0.433. The molecule has 7 heteroatoms. The van der Waals surface area contributed by atoms with E-state index in [4.69, 9.17) is 0 Å². The van der Waals surface area contributed by atoms with Crippen molar-refractivity contribution in [3.63, 3.8) is 0 Å². The molecule has 2 N–H and O–H groups in total.